The lowest BCUT2D eigenvalue weighted by Gasteiger charge is -2.19. The van der Waals surface area contributed by atoms with Gasteiger partial charge in [-0.05, 0) is 36.4 Å². The Kier molecular flexibility index (Phi) is 4.75. The Morgan fingerprint density at radius 3 is 2.50 bits per heavy atom. The van der Waals surface area contributed by atoms with Crippen LogP contribution in [0.2, 0.25) is 0 Å². The zero-order chi connectivity index (χ0) is 18.7. The number of anilines is 1. The van der Waals surface area contributed by atoms with Crippen molar-refractivity contribution >= 4 is 11.6 Å². The molecule has 3 rings (SSSR count). The van der Waals surface area contributed by atoms with Crippen LogP contribution in [-0.2, 0) is 4.79 Å². The number of para-hydroxylation sites is 1. The second kappa shape index (κ2) is 7.00. The van der Waals surface area contributed by atoms with Gasteiger partial charge in [-0.15, -0.1) is 0 Å². The molecule has 3 aromatic rings. The van der Waals surface area contributed by atoms with Gasteiger partial charge in [0.1, 0.15) is 11.4 Å². The Hall–Kier alpha value is -3.15. The summed E-state index contributed by atoms with van der Waals surface area (Å²) >= 11 is 0. The van der Waals surface area contributed by atoms with Gasteiger partial charge in [0.15, 0.2) is 11.6 Å². The highest BCUT2D eigenvalue weighted by molar-refractivity contribution is 5.96. The number of carbonyl (C=O) groups excluding carboxylic acids is 1. The molecule has 0 aliphatic carbocycles. The second-order valence-electron chi connectivity index (χ2n) is 6.88. The normalized spacial score (nSPS) is 11.2. The Bertz CT molecular complexity index is 898. The van der Waals surface area contributed by atoms with Crippen molar-refractivity contribution in [3.8, 4) is 17.2 Å². The number of rotatable bonds is 4. The van der Waals surface area contributed by atoms with Crippen LogP contribution in [-0.4, -0.2) is 15.5 Å². The highest BCUT2D eigenvalue weighted by Crippen LogP contribution is 2.33. The van der Waals surface area contributed by atoms with Gasteiger partial charge in [-0.3, -0.25) is 4.79 Å². The van der Waals surface area contributed by atoms with Crippen LogP contribution >= 0.6 is 0 Å². The number of ether oxygens (including phenoxy) is 1. The fourth-order valence-electron chi connectivity index (χ4n) is 2.24. The van der Waals surface area contributed by atoms with Crippen molar-refractivity contribution in [1.29, 1.82) is 0 Å². The molecular formula is C20H20FN3O2. The molecule has 1 amide bonds. The number of hydrogen-bond donors (Lipinski definition) is 1. The molecule has 0 saturated carbocycles. The summed E-state index contributed by atoms with van der Waals surface area (Å²) in [6, 6.07) is 11.7. The lowest BCUT2D eigenvalue weighted by molar-refractivity contribution is -0.123. The summed E-state index contributed by atoms with van der Waals surface area (Å²) in [6.45, 7) is 5.29. The van der Waals surface area contributed by atoms with Gasteiger partial charge in [0.25, 0.3) is 0 Å². The molecule has 2 aromatic carbocycles. The summed E-state index contributed by atoms with van der Waals surface area (Å²) in [4.78, 5) is 16.2. The van der Waals surface area contributed by atoms with E-state index in [-0.39, 0.29) is 17.3 Å². The van der Waals surface area contributed by atoms with E-state index < -0.39 is 11.2 Å². The fraction of sp³-hybridized carbons (Fsp3) is 0.200. The lowest BCUT2D eigenvalue weighted by Crippen LogP contribution is -2.28. The molecule has 0 aliphatic rings. The molecule has 1 heterocycles. The molecule has 0 unspecified atom stereocenters. The van der Waals surface area contributed by atoms with Gasteiger partial charge >= 0.3 is 0 Å². The minimum Gasteiger partial charge on any atom is -0.455 e. The molecule has 5 nitrogen and oxygen atoms in total. The summed E-state index contributed by atoms with van der Waals surface area (Å²) < 4.78 is 21.9. The number of amides is 1. The van der Waals surface area contributed by atoms with Crippen LogP contribution in [0.1, 0.15) is 20.8 Å². The molecule has 6 heteroatoms. The molecule has 0 atom stereocenters. The molecule has 0 fully saturated rings. The fourth-order valence-corrected chi connectivity index (χ4v) is 2.24. The summed E-state index contributed by atoms with van der Waals surface area (Å²) in [7, 11) is 0. The van der Waals surface area contributed by atoms with Crippen molar-refractivity contribution in [3.63, 3.8) is 0 Å². The molecular weight excluding hydrogens is 333 g/mol. The lowest BCUT2D eigenvalue weighted by atomic mass is 9.95. The van der Waals surface area contributed by atoms with E-state index in [9.17, 15) is 9.18 Å². The molecule has 1 aromatic heterocycles. The first-order chi connectivity index (χ1) is 12.3. The maximum Gasteiger partial charge on any atom is 0.229 e. The first-order valence-electron chi connectivity index (χ1n) is 8.21. The van der Waals surface area contributed by atoms with E-state index in [4.69, 9.17) is 4.74 Å². The SMILES string of the molecule is CC(C)(C)C(=O)Nc1c(F)cccc1Oc1ccc(-n2ccnc2)cc1. The highest BCUT2D eigenvalue weighted by Gasteiger charge is 2.24. The van der Waals surface area contributed by atoms with Crippen molar-refractivity contribution in [3.05, 3.63) is 67.0 Å². The average Bonchev–Trinajstić information content (AvgIpc) is 3.12. The van der Waals surface area contributed by atoms with E-state index in [1.54, 1.807) is 51.5 Å². The minimum absolute atomic E-state index is 0.0334. The largest absolute Gasteiger partial charge is 0.455 e. The van der Waals surface area contributed by atoms with Crippen molar-refractivity contribution < 1.29 is 13.9 Å². The number of halogens is 1. The minimum atomic E-state index is -0.647. The highest BCUT2D eigenvalue weighted by atomic mass is 19.1. The summed E-state index contributed by atoms with van der Waals surface area (Å²) in [5.74, 6) is -0.0539. The zero-order valence-electron chi connectivity index (χ0n) is 14.9. The van der Waals surface area contributed by atoms with Gasteiger partial charge < -0.3 is 14.6 Å². The number of hydrogen-bond acceptors (Lipinski definition) is 3. The second-order valence-corrected chi connectivity index (χ2v) is 6.88. The van der Waals surface area contributed by atoms with Gasteiger partial charge in [0.05, 0.1) is 6.33 Å². The maximum absolute atomic E-state index is 14.2. The monoisotopic (exact) mass is 353 g/mol. The number of benzene rings is 2. The van der Waals surface area contributed by atoms with E-state index in [0.29, 0.717) is 5.75 Å². The van der Waals surface area contributed by atoms with E-state index in [1.807, 2.05) is 22.9 Å². The van der Waals surface area contributed by atoms with E-state index in [0.717, 1.165) is 5.69 Å². The molecule has 0 aliphatic heterocycles. The number of carbonyl (C=O) groups is 1. The third-order valence-corrected chi connectivity index (χ3v) is 3.76. The first kappa shape index (κ1) is 17.7. The number of nitrogens with zero attached hydrogens (tertiary/aromatic N) is 2. The van der Waals surface area contributed by atoms with Gasteiger partial charge in [-0.25, -0.2) is 9.37 Å². The Morgan fingerprint density at radius 1 is 1.15 bits per heavy atom. The van der Waals surface area contributed by atoms with Crippen LogP contribution in [0.4, 0.5) is 10.1 Å². The molecule has 134 valence electrons. The number of imidazole rings is 1. The molecule has 0 saturated heterocycles. The third-order valence-electron chi connectivity index (χ3n) is 3.76. The first-order valence-corrected chi connectivity index (χ1v) is 8.21. The van der Waals surface area contributed by atoms with Crippen LogP contribution in [0.3, 0.4) is 0 Å². The Labute approximate surface area is 151 Å². The van der Waals surface area contributed by atoms with E-state index >= 15 is 0 Å². The Morgan fingerprint density at radius 2 is 1.88 bits per heavy atom. The van der Waals surface area contributed by atoms with Crippen LogP contribution < -0.4 is 10.1 Å². The topological polar surface area (TPSA) is 56.1 Å². The third kappa shape index (κ3) is 3.91. The van der Waals surface area contributed by atoms with E-state index in [1.165, 1.54) is 12.1 Å². The summed E-state index contributed by atoms with van der Waals surface area (Å²) in [5, 5.41) is 2.62. The van der Waals surface area contributed by atoms with Gasteiger partial charge in [0, 0.05) is 23.5 Å². The average molecular weight is 353 g/mol. The van der Waals surface area contributed by atoms with Gasteiger partial charge in [0.2, 0.25) is 5.91 Å². The quantitative estimate of drug-likeness (QED) is 0.734. The van der Waals surface area contributed by atoms with Crippen LogP contribution in [0, 0.1) is 11.2 Å². The summed E-state index contributed by atoms with van der Waals surface area (Å²) in [5.41, 5.74) is 0.313. The maximum atomic E-state index is 14.2. The van der Waals surface area contributed by atoms with Crippen LogP contribution in [0.15, 0.2) is 61.2 Å². The molecule has 1 N–H and O–H groups in total. The molecule has 0 radical (unpaired) electrons. The van der Waals surface area contributed by atoms with Crippen molar-refractivity contribution in [2.24, 2.45) is 5.41 Å². The standard InChI is InChI=1S/C20H20FN3O2/c1-20(2,3)19(25)23-18-16(21)5-4-6-17(18)26-15-9-7-14(8-10-15)24-12-11-22-13-24/h4-13H,1-3H3,(H,23,25). The van der Waals surface area contributed by atoms with Crippen LogP contribution in [0.5, 0.6) is 11.5 Å². The van der Waals surface area contributed by atoms with Gasteiger partial charge in [-0.2, -0.15) is 0 Å². The number of nitrogens with one attached hydrogen (secondary N) is 1. The Balaban J connectivity index is 1.84. The predicted molar refractivity (Wildman–Crippen MR) is 98.1 cm³/mol. The predicted octanol–water partition coefficient (Wildman–Crippen LogP) is 4.79. The molecule has 26 heavy (non-hydrogen) atoms. The zero-order valence-corrected chi connectivity index (χ0v) is 14.9. The van der Waals surface area contributed by atoms with Crippen molar-refractivity contribution in [1.82, 2.24) is 9.55 Å². The van der Waals surface area contributed by atoms with Crippen molar-refractivity contribution in [2.45, 2.75) is 20.8 Å². The van der Waals surface area contributed by atoms with Crippen molar-refractivity contribution in [2.75, 3.05) is 5.32 Å². The number of aromatic nitrogens is 2. The van der Waals surface area contributed by atoms with E-state index in [2.05, 4.69) is 10.3 Å². The summed E-state index contributed by atoms with van der Waals surface area (Å²) in [6.07, 6.45) is 5.23. The van der Waals surface area contributed by atoms with Gasteiger partial charge in [-0.1, -0.05) is 26.8 Å². The molecule has 0 spiro atoms. The molecule has 0 bridgehead atoms. The smallest absolute Gasteiger partial charge is 0.229 e. The van der Waals surface area contributed by atoms with Crippen LogP contribution in [0.25, 0.3) is 5.69 Å².